The maximum Gasteiger partial charge on any atom is 0.129 e. The van der Waals surface area contributed by atoms with Crippen molar-refractivity contribution in [1.29, 1.82) is 0 Å². The number of hydrogen-bond acceptors (Lipinski definition) is 1. The molecule has 0 heterocycles. The van der Waals surface area contributed by atoms with Crippen LogP contribution in [0.4, 0.5) is 0 Å². The monoisotopic (exact) mass is 182 g/mol. The Balaban J connectivity index is 2.20. The summed E-state index contributed by atoms with van der Waals surface area (Å²) < 4.78 is 0. The molecule has 1 heteroatoms. The van der Waals surface area contributed by atoms with Crippen molar-refractivity contribution in [1.82, 2.24) is 0 Å². The van der Waals surface area contributed by atoms with Crippen molar-refractivity contribution in [3.05, 3.63) is 0 Å². The van der Waals surface area contributed by atoms with Crippen LogP contribution in [0.1, 0.15) is 58.8 Å². The molecule has 1 unspecified atom stereocenters. The molecule has 1 aliphatic rings. The van der Waals surface area contributed by atoms with Gasteiger partial charge in [0, 0.05) is 6.42 Å². The highest BCUT2D eigenvalue weighted by atomic mass is 16.1. The molecule has 0 N–H and O–H groups in total. The van der Waals surface area contributed by atoms with Crippen molar-refractivity contribution in [2.24, 2.45) is 11.8 Å². The normalized spacial score (nSPS) is 21.4. The Morgan fingerprint density at radius 3 is 2.46 bits per heavy atom. The van der Waals surface area contributed by atoms with Gasteiger partial charge in [0.25, 0.3) is 0 Å². The van der Waals surface area contributed by atoms with Crippen molar-refractivity contribution in [3.8, 4) is 0 Å². The summed E-state index contributed by atoms with van der Waals surface area (Å²) in [5, 5.41) is 0. The molecular weight excluding hydrogens is 160 g/mol. The smallest absolute Gasteiger partial charge is 0.129 e. The lowest BCUT2D eigenvalue weighted by Gasteiger charge is -2.27. The van der Waals surface area contributed by atoms with Crippen LogP contribution in [0.25, 0.3) is 0 Å². The lowest BCUT2D eigenvalue weighted by atomic mass is 9.79. The van der Waals surface area contributed by atoms with Gasteiger partial charge in [-0.25, -0.2) is 0 Å². The Morgan fingerprint density at radius 2 is 1.92 bits per heavy atom. The molecule has 0 aromatic carbocycles. The van der Waals surface area contributed by atoms with Crippen LogP contribution in [0, 0.1) is 11.8 Å². The quantitative estimate of drug-likeness (QED) is 0.649. The highest BCUT2D eigenvalue weighted by molar-refractivity contribution is 5.75. The fraction of sp³-hybridized carbons (Fsp3) is 0.917. The molecule has 0 saturated heterocycles. The summed E-state index contributed by atoms with van der Waals surface area (Å²) in [5.41, 5.74) is 0. The Labute approximate surface area is 81.9 Å². The molecule has 0 spiro atoms. The number of carbonyl (C=O) groups is 1. The van der Waals surface area contributed by atoms with E-state index in [4.69, 9.17) is 0 Å². The van der Waals surface area contributed by atoms with Crippen molar-refractivity contribution in [2.75, 3.05) is 0 Å². The topological polar surface area (TPSA) is 17.1 Å². The van der Waals surface area contributed by atoms with E-state index in [0.29, 0.717) is 5.78 Å². The minimum atomic E-state index is 0.350. The largest absolute Gasteiger partial charge is 0.300 e. The van der Waals surface area contributed by atoms with E-state index in [1.165, 1.54) is 32.1 Å². The van der Waals surface area contributed by atoms with E-state index in [1.54, 1.807) is 6.92 Å². The summed E-state index contributed by atoms with van der Waals surface area (Å²) >= 11 is 0. The van der Waals surface area contributed by atoms with Crippen molar-refractivity contribution in [2.45, 2.75) is 58.8 Å². The van der Waals surface area contributed by atoms with Gasteiger partial charge in [0.15, 0.2) is 0 Å². The summed E-state index contributed by atoms with van der Waals surface area (Å²) in [6.45, 7) is 4.02. The Morgan fingerprint density at radius 1 is 1.31 bits per heavy atom. The van der Waals surface area contributed by atoms with Crippen LogP contribution < -0.4 is 0 Å². The second-order valence-electron chi connectivity index (χ2n) is 4.62. The number of rotatable bonds is 4. The van der Waals surface area contributed by atoms with Crippen molar-refractivity contribution >= 4 is 5.78 Å². The average Bonchev–Trinajstić information content (AvgIpc) is 2.15. The Hall–Kier alpha value is -0.330. The molecule has 0 aliphatic heterocycles. The molecular formula is C12H22O. The molecule has 0 bridgehead atoms. The first-order chi connectivity index (χ1) is 6.20. The van der Waals surface area contributed by atoms with Crippen LogP contribution >= 0.6 is 0 Å². The zero-order valence-electron chi connectivity index (χ0n) is 9.01. The van der Waals surface area contributed by atoms with Gasteiger partial charge in [0.2, 0.25) is 0 Å². The molecule has 1 nitrogen and oxygen atoms in total. The predicted octanol–water partition coefficient (Wildman–Crippen LogP) is 3.57. The van der Waals surface area contributed by atoms with E-state index in [1.807, 2.05) is 0 Å². The zero-order valence-corrected chi connectivity index (χ0v) is 9.01. The van der Waals surface area contributed by atoms with Crippen LogP contribution in [0.15, 0.2) is 0 Å². The summed E-state index contributed by atoms with van der Waals surface area (Å²) in [4.78, 5) is 10.8. The van der Waals surface area contributed by atoms with Gasteiger partial charge >= 0.3 is 0 Å². The maximum absolute atomic E-state index is 10.8. The standard InChI is InChI=1S/C12H22O/c1-10(8-9-11(2)13)12-6-4-3-5-7-12/h10,12H,3-9H2,1-2H3. The number of ketones is 1. The fourth-order valence-electron chi connectivity index (χ4n) is 2.37. The third kappa shape index (κ3) is 3.93. The average molecular weight is 182 g/mol. The van der Waals surface area contributed by atoms with Gasteiger partial charge in [0.05, 0.1) is 0 Å². The van der Waals surface area contributed by atoms with Crippen LogP contribution in [0.3, 0.4) is 0 Å². The zero-order chi connectivity index (χ0) is 9.68. The highest BCUT2D eigenvalue weighted by Gasteiger charge is 2.19. The highest BCUT2D eigenvalue weighted by Crippen LogP contribution is 2.31. The maximum atomic E-state index is 10.8. The van der Waals surface area contributed by atoms with E-state index in [2.05, 4.69) is 6.92 Å². The molecule has 1 atom stereocenters. The van der Waals surface area contributed by atoms with Gasteiger partial charge in [-0.2, -0.15) is 0 Å². The molecule has 0 aromatic heterocycles. The van der Waals surface area contributed by atoms with E-state index in [-0.39, 0.29) is 0 Å². The van der Waals surface area contributed by atoms with Crippen LogP contribution in [-0.4, -0.2) is 5.78 Å². The number of carbonyl (C=O) groups excluding carboxylic acids is 1. The summed E-state index contributed by atoms with van der Waals surface area (Å²) in [5.74, 6) is 2.03. The van der Waals surface area contributed by atoms with Gasteiger partial charge in [-0.05, 0) is 25.2 Å². The van der Waals surface area contributed by atoms with Crippen molar-refractivity contribution < 1.29 is 4.79 Å². The van der Waals surface area contributed by atoms with Crippen LogP contribution in [0.5, 0.6) is 0 Å². The van der Waals surface area contributed by atoms with E-state index in [9.17, 15) is 4.79 Å². The minimum Gasteiger partial charge on any atom is -0.300 e. The first-order valence-corrected chi connectivity index (χ1v) is 5.69. The molecule has 13 heavy (non-hydrogen) atoms. The third-order valence-corrected chi connectivity index (χ3v) is 3.41. The van der Waals surface area contributed by atoms with Gasteiger partial charge in [-0.3, -0.25) is 0 Å². The Kier molecular flexibility index (Phi) is 4.47. The molecule has 76 valence electrons. The summed E-state index contributed by atoms with van der Waals surface area (Å²) in [6, 6.07) is 0. The van der Waals surface area contributed by atoms with E-state index in [0.717, 1.165) is 24.7 Å². The molecule has 1 fully saturated rings. The van der Waals surface area contributed by atoms with Gasteiger partial charge in [0.1, 0.15) is 5.78 Å². The summed E-state index contributed by atoms with van der Waals surface area (Å²) in [7, 11) is 0. The van der Waals surface area contributed by atoms with E-state index < -0.39 is 0 Å². The van der Waals surface area contributed by atoms with Gasteiger partial charge in [-0.15, -0.1) is 0 Å². The third-order valence-electron chi connectivity index (χ3n) is 3.41. The molecule has 0 aromatic rings. The number of hydrogen-bond donors (Lipinski definition) is 0. The lowest BCUT2D eigenvalue weighted by molar-refractivity contribution is -0.117. The summed E-state index contributed by atoms with van der Waals surface area (Å²) in [6.07, 6.45) is 8.95. The Bertz CT molecular complexity index is 157. The van der Waals surface area contributed by atoms with Crippen molar-refractivity contribution in [3.63, 3.8) is 0 Å². The lowest BCUT2D eigenvalue weighted by Crippen LogP contribution is -2.15. The molecule has 1 aliphatic carbocycles. The van der Waals surface area contributed by atoms with Crippen LogP contribution in [0.2, 0.25) is 0 Å². The minimum absolute atomic E-state index is 0.350. The van der Waals surface area contributed by atoms with Crippen LogP contribution in [-0.2, 0) is 4.79 Å². The first kappa shape index (κ1) is 10.7. The molecule has 0 amide bonds. The number of Topliss-reactive ketones (excluding diaryl/α,β-unsaturated/α-hetero) is 1. The molecule has 1 saturated carbocycles. The fourth-order valence-corrected chi connectivity index (χ4v) is 2.37. The van der Waals surface area contributed by atoms with E-state index >= 15 is 0 Å². The first-order valence-electron chi connectivity index (χ1n) is 5.69. The predicted molar refractivity (Wildman–Crippen MR) is 55.7 cm³/mol. The van der Waals surface area contributed by atoms with Gasteiger partial charge in [-0.1, -0.05) is 39.0 Å². The SMILES string of the molecule is CC(=O)CCC(C)C1CCCCC1. The second kappa shape index (κ2) is 5.41. The molecule has 1 rings (SSSR count). The molecule has 0 radical (unpaired) electrons. The van der Waals surface area contributed by atoms with Gasteiger partial charge < -0.3 is 4.79 Å². The second-order valence-corrected chi connectivity index (χ2v) is 4.62.